The molecular weight excluding hydrogens is 388 g/mol. The second kappa shape index (κ2) is 7.26. The minimum atomic E-state index is -0.289. The quantitative estimate of drug-likeness (QED) is 0.789. The molecule has 0 atom stereocenters. The van der Waals surface area contributed by atoms with Gasteiger partial charge in [-0.1, -0.05) is 11.6 Å². The normalized spacial score (nSPS) is 10.6. The van der Waals surface area contributed by atoms with Crippen molar-refractivity contribution in [1.82, 2.24) is 5.32 Å². The Hall–Kier alpha value is -1.37. The average Bonchev–Trinajstić information content (AvgIpc) is 2.84. The summed E-state index contributed by atoms with van der Waals surface area (Å²) in [5, 5.41) is 7.80. The van der Waals surface area contributed by atoms with Crippen molar-refractivity contribution in [1.29, 1.82) is 0 Å². The zero-order chi connectivity index (χ0) is 16.3. The largest absolute Gasteiger partial charge is 0.350 e. The molecule has 0 aliphatic carbocycles. The summed E-state index contributed by atoms with van der Waals surface area (Å²) in [6.45, 7) is 3.74. The molecule has 1 aromatic heterocycles. The molecule has 2 N–H and O–H groups in total. The van der Waals surface area contributed by atoms with E-state index < -0.39 is 0 Å². The lowest BCUT2D eigenvalue weighted by Crippen LogP contribution is -2.31. The van der Waals surface area contributed by atoms with Crippen molar-refractivity contribution in [2.24, 2.45) is 0 Å². The van der Waals surface area contributed by atoms with E-state index in [2.05, 4.69) is 26.6 Å². The standard InChI is InChI=1S/C15H14BrClN2O2S/c1-8(2)18-14(20)10-4-3-9(17)7-12(10)19-15(21)13-11(16)5-6-22-13/h3-8H,1-2H3,(H,18,20)(H,19,21). The van der Waals surface area contributed by atoms with E-state index in [1.54, 1.807) is 24.3 Å². The maximum atomic E-state index is 12.3. The first-order chi connectivity index (χ1) is 10.4. The number of carbonyl (C=O) groups excluding carboxylic acids is 2. The zero-order valence-corrected chi connectivity index (χ0v) is 15.1. The van der Waals surface area contributed by atoms with E-state index in [0.29, 0.717) is 25.6 Å². The van der Waals surface area contributed by atoms with Gasteiger partial charge < -0.3 is 10.6 Å². The van der Waals surface area contributed by atoms with Crippen LogP contribution in [0.4, 0.5) is 5.69 Å². The second-order valence-electron chi connectivity index (χ2n) is 4.87. The Bertz CT molecular complexity index is 715. The van der Waals surface area contributed by atoms with Gasteiger partial charge in [-0.05, 0) is 59.4 Å². The molecule has 0 fully saturated rings. The SMILES string of the molecule is CC(C)NC(=O)c1ccc(Cl)cc1NC(=O)c1sccc1Br. The van der Waals surface area contributed by atoms with Crippen molar-refractivity contribution in [2.45, 2.75) is 19.9 Å². The fourth-order valence-corrected chi connectivity index (χ4v) is 3.41. The first kappa shape index (κ1) is 17.0. The lowest BCUT2D eigenvalue weighted by atomic mass is 10.1. The monoisotopic (exact) mass is 400 g/mol. The van der Waals surface area contributed by atoms with Crippen LogP contribution in [-0.4, -0.2) is 17.9 Å². The molecule has 2 amide bonds. The van der Waals surface area contributed by atoms with Crippen LogP contribution >= 0.6 is 38.9 Å². The predicted molar refractivity (Wildman–Crippen MR) is 94.0 cm³/mol. The van der Waals surface area contributed by atoms with Gasteiger partial charge in [0.05, 0.1) is 11.3 Å². The Morgan fingerprint density at radius 1 is 1.23 bits per heavy atom. The van der Waals surface area contributed by atoms with Gasteiger partial charge in [-0.2, -0.15) is 0 Å². The molecule has 22 heavy (non-hydrogen) atoms. The van der Waals surface area contributed by atoms with Gasteiger partial charge in [0.15, 0.2) is 0 Å². The Labute approximate surface area is 146 Å². The summed E-state index contributed by atoms with van der Waals surface area (Å²) in [5.74, 6) is -0.546. The molecular formula is C15H14BrClN2O2S. The van der Waals surface area contributed by atoms with Gasteiger partial charge in [0.25, 0.3) is 11.8 Å². The third-order valence-electron chi connectivity index (χ3n) is 2.72. The summed E-state index contributed by atoms with van der Waals surface area (Å²) in [6, 6.07) is 6.57. The zero-order valence-electron chi connectivity index (χ0n) is 11.9. The van der Waals surface area contributed by atoms with Crippen LogP contribution in [0.2, 0.25) is 5.02 Å². The number of amides is 2. The molecule has 0 saturated heterocycles. The molecule has 0 aliphatic rings. The molecule has 7 heteroatoms. The highest BCUT2D eigenvalue weighted by atomic mass is 79.9. The second-order valence-corrected chi connectivity index (χ2v) is 7.08. The maximum Gasteiger partial charge on any atom is 0.266 e. The van der Waals surface area contributed by atoms with E-state index in [-0.39, 0.29) is 17.9 Å². The molecule has 1 aromatic carbocycles. The highest BCUT2D eigenvalue weighted by Crippen LogP contribution is 2.26. The van der Waals surface area contributed by atoms with Crippen LogP contribution in [-0.2, 0) is 0 Å². The molecule has 1 heterocycles. The summed E-state index contributed by atoms with van der Waals surface area (Å²) < 4.78 is 0.713. The number of benzene rings is 1. The molecule has 0 unspecified atom stereocenters. The summed E-state index contributed by atoms with van der Waals surface area (Å²) in [7, 11) is 0. The number of anilines is 1. The number of nitrogens with one attached hydrogen (secondary N) is 2. The van der Waals surface area contributed by atoms with Gasteiger partial charge in [-0.15, -0.1) is 11.3 Å². The van der Waals surface area contributed by atoms with E-state index in [4.69, 9.17) is 11.6 Å². The van der Waals surface area contributed by atoms with Crippen LogP contribution in [0, 0.1) is 0 Å². The van der Waals surface area contributed by atoms with E-state index in [1.807, 2.05) is 19.2 Å². The Balaban J connectivity index is 2.30. The maximum absolute atomic E-state index is 12.3. The minimum Gasteiger partial charge on any atom is -0.350 e. The van der Waals surface area contributed by atoms with Crippen LogP contribution in [0.5, 0.6) is 0 Å². The van der Waals surface area contributed by atoms with E-state index in [0.717, 1.165) is 0 Å². The van der Waals surface area contributed by atoms with Crippen molar-refractivity contribution in [3.63, 3.8) is 0 Å². The smallest absolute Gasteiger partial charge is 0.266 e. The van der Waals surface area contributed by atoms with Crippen LogP contribution in [0.15, 0.2) is 34.1 Å². The number of halogens is 2. The third-order valence-corrected chi connectivity index (χ3v) is 4.79. The first-order valence-electron chi connectivity index (χ1n) is 6.53. The molecule has 4 nitrogen and oxygen atoms in total. The predicted octanol–water partition coefficient (Wildman–Crippen LogP) is 4.55. The molecule has 116 valence electrons. The van der Waals surface area contributed by atoms with Crippen molar-refractivity contribution < 1.29 is 9.59 Å². The Kier molecular flexibility index (Phi) is 5.61. The summed E-state index contributed by atoms with van der Waals surface area (Å²) in [4.78, 5) is 25.0. The van der Waals surface area contributed by atoms with Crippen LogP contribution in [0.3, 0.4) is 0 Å². The number of hydrogen-bond acceptors (Lipinski definition) is 3. The molecule has 2 aromatic rings. The van der Waals surface area contributed by atoms with Crippen molar-refractivity contribution >= 4 is 56.4 Å². The number of carbonyl (C=O) groups is 2. The van der Waals surface area contributed by atoms with Crippen LogP contribution < -0.4 is 10.6 Å². The van der Waals surface area contributed by atoms with Crippen LogP contribution in [0.25, 0.3) is 0 Å². The lowest BCUT2D eigenvalue weighted by Gasteiger charge is -2.13. The molecule has 2 rings (SSSR count). The molecule has 0 spiro atoms. The topological polar surface area (TPSA) is 58.2 Å². The highest BCUT2D eigenvalue weighted by Gasteiger charge is 2.17. The van der Waals surface area contributed by atoms with Gasteiger partial charge in [-0.3, -0.25) is 9.59 Å². The number of rotatable bonds is 4. The Morgan fingerprint density at radius 3 is 2.55 bits per heavy atom. The minimum absolute atomic E-state index is 0.00169. The molecule has 0 bridgehead atoms. The van der Waals surface area contributed by atoms with Crippen LogP contribution in [0.1, 0.15) is 33.9 Å². The van der Waals surface area contributed by atoms with E-state index in [1.165, 1.54) is 11.3 Å². The summed E-state index contributed by atoms with van der Waals surface area (Å²) in [6.07, 6.45) is 0. The van der Waals surface area contributed by atoms with E-state index in [9.17, 15) is 9.59 Å². The van der Waals surface area contributed by atoms with E-state index >= 15 is 0 Å². The van der Waals surface area contributed by atoms with Crippen molar-refractivity contribution in [3.05, 3.63) is 49.6 Å². The molecule has 0 saturated carbocycles. The summed E-state index contributed by atoms with van der Waals surface area (Å²) >= 11 is 10.6. The van der Waals surface area contributed by atoms with Gasteiger partial charge in [0.1, 0.15) is 4.88 Å². The van der Waals surface area contributed by atoms with Gasteiger partial charge in [-0.25, -0.2) is 0 Å². The lowest BCUT2D eigenvalue weighted by molar-refractivity contribution is 0.0944. The summed E-state index contributed by atoms with van der Waals surface area (Å²) in [5.41, 5.74) is 0.759. The Morgan fingerprint density at radius 2 is 1.95 bits per heavy atom. The third kappa shape index (κ3) is 4.09. The average molecular weight is 402 g/mol. The number of thiophene rings is 1. The molecule has 0 aliphatic heterocycles. The fraction of sp³-hybridized carbons (Fsp3) is 0.200. The number of hydrogen-bond donors (Lipinski definition) is 2. The van der Waals surface area contributed by atoms with Crippen molar-refractivity contribution in [2.75, 3.05) is 5.32 Å². The first-order valence-corrected chi connectivity index (χ1v) is 8.58. The van der Waals surface area contributed by atoms with Crippen molar-refractivity contribution in [3.8, 4) is 0 Å². The van der Waals surface area contributed by atoms with Gasteiger partial charge >= 0.3 is 0 Å². The fourth-order valence-electron chi connectivity index (χ4n) is 1.79. The van der Waals surface area contributed by atoms with Gasteiger partial charge in [0, 0.05) is 15.5 Å². The highest BCUT2D eigenvalue weighted by molar-refractivity contribution is 9.10. The molecule has 0 radical (unpaired) electrons. The van der Waals surface area contributed by atoms with Gasteiger partial charge in [0.2, 0.25) is 0 Å².